The number of anilines is 1. The van der Waals surface area contributed by atoms with Crippen LogP contribution in [-0.2, 0) is 9.59 Å². The van der Waals surface area contributed by atoms with Crippen LogP contribution in [0, 0.1) is 0 Å². The molecule has 2 aromatic heterocycles. The van der Waals surface area contributed by atoms with Crippen molar-refractivity contribution >= 4 is 23.3 Å². The van der Waals surface area contributed by atoms with Gasteiger partial charge in [0.25, 0.3) is 5.91 Å². The van der Waals surface area contributed by atoms with Gasteiger partial charge in [-0.2, -0.15) is 9.61 Å². The number of fused-ring (bicyclic) bond motifs is 1. The summed E-state index contributed by atoms with van der Waals surface area (Å²) in [6, 6.07) is 12.2. The Kier molecular flexibility index (Phi) is 4.35. The third kappa shape index (κ3) is 3.03. The van der Waals surface area contributed by atoms with Crippen molar-refractivity contribution in [3.05, 3.63) is 60.4 Å². The molecule has 0 radical (unpaired) electrons. The maximum Gasteiger partial charge on any atom is 0.252 e. The third-order valence-corrected chi connectivity index (χ3v) is 4.58. The summed E-state index contributed by atoms with van der Waals surface area (Å²) in [6.45, 7) is 0.583. The summed E-state index contributed by atoms with van der Waals surface area (Å²) in [7, 11) is 0. The highest BCUT2D eigenvalue weighted by Crippen LogP contribution is 2.27. The Morgan fingerprint density at radius 2 is 1.92 bits per heavy atom. The first-order valence-corrected chi connectivity index (χ1v) is 8.68. The lowest BCUT2D eigenvalue weighted by Crippen LogP contribution is -2.43. The normalized spacial score (nSPS) is 15.8. The van der Waals surface area contributed by atoms with Gasteiger partial charge in [0.2, 0.25) is 5.91 Å². The Labute approximate surface area is 150 Å². The van der Waals surface area contributed by atoms with E-state index < -0.39 is 6.04 Å². The van der Waals surface area contributed by atoms with E-state index in [9.17, 15) is 9.59 Å². The number of carbonyl (C=O) groups is 2. The van der Waals surface area contributed by atoms with Gasteiger partial charge in [0, 0.05) is 25.2 Å². The summed E-state index contributed by atoms with van der Waals surface area (Å²) >= 11 is 0. The van der Waals surface area contributed by atoms with Crippen LogP contribution in [-0.4, -0.2) is 37.9 Å². The molecule has 1 N–H and O–H groups in total. The SMILES string of the molecule is O=C(Nc1ccnc2ccnn12)[C@H](c1ccccc1)N1CCCCC1=O. The zero-order valence-electron chi connectivity index (χ0n) is 14.2. The van der Waals surface area contributed by atoms with Crippen molar-refractivity contribution < 1.29 is 9.59 Å². The van der Waals surface area contributed by atoms with Gasteiger partial charge < -0.3 is 10.2 Å². The van der Waals surface area contributed by atoms with Crippen molar-refractivity contribution in [3.63, 3.8) is 0 Å². The molecule has 3 heterocycles. The average molecular weight is 349 g/mol. The van der Waals surface area contributed by atoms with Gasteiger partial charge in [-0.05, 0) is 24.5 Å². The van der Waals surface area contributed by atoms with Crippen LogP contribution in [0.1, 0.15) is 30.9 Å². The maximum atomic E-state index is 13.2. The van der Waals surface area contributed by atoms with Crippen molar-refractivity contribution in [2.75, 3.05) is 11.9 Å². The molecule has 1 fully saturated rings. The number of aromatic nitrogens is 3. The molecule has 0 saturated carbocycles. The molecule has 4 rings (SSSR count). The molecule has 7 nitrogen and oxygen atoms in total. The van der Waals surface area contributed by atoms with Crippen molar-refractivity contribution in [1.29, 1.82) is 0 Å². The van der Waals surface area contributed by atoms with Crippen molar-refractivity contribution in [1.82, 2.24) is 19.5 Å². The number of benzene rings is 1. The summed E-state index contributed by atoms with van der Waals surface area (Å²) < 4.78 is 1.57. The second-order valence-corrected chi connectivity index (χ2v) is 6.28. The number of amides is 2. The predicted molar refractivity (Wildman–Crippen MR) is 96.4 cm³/mol. The fraction of sp³-hybridized carbons (Fsp3) is 0.263. The van der Waals surface area contributed by atoms with Crippen LogP contribution in [0.15, 0.2) is 54.9 Å². The fourth-order valence-corrected chi connectivity index (χ4v) is 3.33. The molecule has 2 amide bonds. The van der Waals surface area contributed by atoms with Gasteiger partial charge in [0.1, 0.15) is 11.9 Å². The Bertz CT molecular complexity index is 937. The van der Waals surface area contributed by atoms with Gasteiger partial charge in [0.15, 0.2) is 5.65 Å². The van der Waals surface area contributed by atoms with E-state index in [1.54, 1.807) is 33.9 Å². The van der Waals surface area contributed by atoms with E-state index in [-0.39, 0.29) is 11.8 Å². The van der Waals surface area contributed by atoms with Gasteiger partial charge in [-0.25, -0.2) is 4.98 Å². The number of likely N-dealkylation sites (tertiary alicyclic amines) is 1. The average Bonchev–Trinajstić information content (AvgIpc) is 3.14. The summed E-state index contributed by atoms with van der Waals surface area (Å²) in [5, 5.41) is 7.11. The van der Waals surface area contributed by atoms with Gasteiger partial charge in [-0.1, -0.05) is 30.3 Å². The third-order valence-electron chi connectivity index (χ3n) is 4.58. The van der Waals surface area contributed by atoms with Crippen molar-refractivity contribution in [2.24, 2.45) is 0 Å². The smallest absolute Gasteiger partial charge is 0.252 e. The Balaban J connectivity index is 1.68. The largest absolute Gasteiger partial charge is 0.327 e. The van der Waals surface area contributed by atoms with Crippen molar-refractivity contribution in [2.45, 2.75) is 25.3 Å². The second-order valence-electron chi connectivity index (χ2n) is 6.28. The molecule has 1 saturated heterocycles. The molecule has 0 bridgehead atoms. The molecular formula is C19H19N5O2. The standard InChI is InChI=1S/C19H19N5O2/c25-17-8-4-5-13-23(17)18(14-6-2-1-3-7-14)19(26)22-16-9-11-20-15-10-12-21-24(15)16/h1-3,6-7,9-12,18H,4-5,8,13H2,(H,22,26)/t18-/m0/s1. The van der Waals surface area contributed by atoms with Gasteiger partial charge in [-0.3, -0.25) is 9.59 Å². The molecule has 1 aromatic carbocycles. The number of hydrogen-bond acceptors (Lipinski definition) is 4. The number of carbonyl (C=O) groups excluding carboxylic acids is 2. The number of hydrogen-bond donors (Lipinski definition) is 1. The van der Waals surface area contributed by atoms with Gasteiger partial charge in [-0.15, -0.1) is 0 Å². The highest BCUT2D eigenvalue weighted by Gasteiger charge is 2.33. The van der Waals surface area contributed by atoms with E-state index in [1.807, 2.05) is 30.3 Å². The first-order chi connectivity index (χ1) is 12.7. The maximum absolute atomic E-state index is 13.2. The van der Waals surface area contributed by atoms with Crippen LogP contribution in [0.4, 0.5) is 5.82 Å². The molecule has 0 spiro atoms. The molecule has 1 atom stereocenters. The molecule has 7 heteroatoms. The van der Waals surface area contributed by atoms with Crippen LogP contribution in [0.25, 0.3) is 5.65 Å². The molecule has 26 heavy (non-hydrogen) atoms. The molecule has 1 aliphatic rings. The lowest BCUT2D eigenvalue weighted by atomic mass is 10.0. The monoisotopic (exact) mass is 349 g/mol. The van der Waals surface area contributed by atoms with E-state index in [0.717, 1.165) is 18.4 Å². The summed E-state index contributed by atoms with van der Waals surface area (Å²) in [5.74, 6) is 0.282. The lowest BCUT2D eigenvalue weighted by molar-refractivity contribution is -0.141. The summed E-state index contributed by atoms with van der Waals surface area (Å²) in [6.07, 6.45) is 5.50. The first-order valence-electron chi connectivity index (χ1n) is 8.68. The predicted octanol–water partition coefficient (Wildman–Crippen LogP) is 2.42. The highest BCUT2D eigenvalue weighted by atomic mass is 16.2. The Hall–Kier alpha value is -3.22. The first kappa shape index (κ1) is 16.3. The Morgan fingerprint density at radius 3 is 2.73 bits per heavy atom. The van der Waals surface area contributed by atoms with Crippen LogP contribution in [0.2, 0.25) is 0 Å². The number of nitrogens with one attached hydrogen (secondary N) is 1. The number of nitrogens with zero attached hydrogens (tertiary/aromatic N) is 4. The number of rotatable bonds is 4. The summed E-state index contributed by atoms with van der Waals surface area (Å²) in [4.78, 5) is 31.5. The minimum Gasteiger partial charge on any atom is -0.327 e. The van der Waals surface area contributed by atoms with E-state index in [4.69, 9.17) is 0 Å². The summed E-state index contributed by atoms with van der Waals surface area (Å²) in [5.41, 5.74) is 1.44. The minimum absolute atomic E-state index is 0.0132. The number of piperidine rings is 1. The van der Waals surface area contributed by atoms with E-state index in [2.05, 4.69) is 15.4 Å². The Morgan fingerprint density at radius 1 is 1.08 bits per heavy atom. The molecule has 3 aromatic rings. The molecule has 0 unspecified atom stereocenters. The minimum atomic E-state index is -0.664. The molecule has 1 aliphatic heterocycles. The van der Waals surface area contributed by atoms with Crippen LogP contribution >= 0.6 is 0 Å². The quantitative estimate of drug-likeness (QED) is 0.784. The van der Waals surface area contributed by atoms with Crippen LogP contribution in [0.5, 0.6) is 0 Å². The van der Waals surface area contributed by atoms with Gasteiger partial charge in [0.05, 0.1) is 6.20 Å². The fourth-order valence-electron chi connectivity index (χ4n) is 3.33. The van der Waals surface area contributed by atoms with Gasteiger partial charge >= 0.3 is 0 Å². The van der Waals surface area contributed by atoms with Crippen LogP contribution < -0.4 is 5.32 Å². The molecule has 132 valence electrons. The topological polar surface area (TPSA) is 79.6 Å². The molecule has 0 aliphatic carbocycles. The zero-order valence-corrected chi connectivity index (χ0v) is 14.2. The van der Waals surface area contributed by atoms with E-state index >= 15 is 0 Å². The molecular weight excluding hydrogens is 330 g/mol. The lowest BCUT2D eigenvalue weighted by Gasteiger charge is -2.34. The van der Waals surface area contributed by atoms with Crippen molar-refractivity contribution in [3.8, 4) is 0 Å². The van der Waals surface area contributed by atoms with E-state index in [0.29, 0.717) is 24.4 Å². The highest BCUT2D eigenvalue weighted by molar-refractivity contribution is 5.97. The second kappa shape index (κ2) is 6.95. The van der Waals surface area contributed by atoms with E-state index in [1.165, 1.54) is 0 Å². The zero-order chi connectivity index (χ0) is 17.9. The van der Waals surface area contributed by atoms with Crippen LogP contribution in [0.3, 0.4) is 0 Å².